The van der Waals surface area contributed by atoms with Crippen LogP contribution in [0.5, 0.6) is 0 Å². The van der Waals surface area contributed by atoms with E-state index in [4.69, 9.17) is 55.9 Å². The van der Waals surface area contributed by atoms with Crippen LogP contribution in [0.1, 0.15) is 32.8 Å². The van der Waals surface area contributed by atoms with Gasteiger partial charge >= 0.3 is 5.97 Å². The molecular formula is C24H27Cl4N2O3+. The Morgan fingerprint density at radius 2 is 1.97 bits per heavy atom. The average Bonchev–Trinajstić information content (AvgIpc) is 3.19. The molecule has 1 aromatic carbocycles. The number of allylic oxidation sites excluding steroid dienone is 3. The summed E-state index contributed by atoms with van der Waals surface area (Å²) >= 11 is 25.9. The number of esters is 1. The first-order valence-electron chi connectivity index (χ1n) is 10.5. The van der Waals surface area contributed by atoms with Crippen LogP contribution in [0, 0.1) is 5.41 Å². The van der Waals surface area contributed by atoms with Crippen molar-refractivity contribution in [1.29, 1.82) is 0 Å². The van der Waals surface area contributed by atoms with Crippen LogP contribution in [0.2, 0.25) is 10.0 Å². The van der Waals surface area contributed by atoms with Crippen molar-refractivity contribution in [2.75, 3.05) is 26.5 Å². The number of aliphatic imine (C=N–C) groups is 1. The summed E-state index contributed by atoms with van der Waals surface area (Å²) in [7, 11) is 0. The number of carbonyl (C=O) groups is 1. The Balaban J connectivity index is 1.65. The predicted octanol–water partition coefficient (Wildman–Crippen LogP) is 6.77. The molecule has 33 heavy (non-hydrogen) atoms. The van der Waals surface area contributed by atoms with E-state index in [1.165, 1.54) is 0 Å². The molecule has 0 radical (unpaired) electrons. The highest BCUT2D eigenvalue weighted by atomic mass is 35.5. The monoisotopic (exact) mass is 531 g/mol. The minimum absolute atomic E-state index is 0.153. The maximum absolute atomic E-state index is 12.2. The number of alkyl halides is 1. The molecule has 2 unspecified atom stereocenters. The predicted molar refractivity (Wildman–Crippen MR) is 135 cm³/mol. The highest BCUT2D eigenvalue weighted by Crippen LogP contribution is 2.48. The summed E-state index contributed by atoms with van der Waals surface area (Å²) in [4.78, 5) is 15.4. The van der Waals surface area contributed by atoms with Crippen molar-refractivity contribution >= 4 is 58.7 Å². The summed E-state index contributed by atoms with van der Waals surface area (Å²) in [5.41, 5.74) is 0.994. The Morgan fingerprint density at radius 3 is 2.61 bits per heavy atom. The van der Waals surface area contributed by atoms with Gasteiger partial charge in [-0.15, -0.1) is 11.6 Å². The molecule has 0 fully saturated rings. The van der Waals surface area contributed by atoms with Crippen molar-refractivity contribution < 1.29 is 18.8 Å². The normalized spacial score (nSPS) is 24.6. The number of halogens is 4. The van der Waals surface area contributed by atoms with Crippen LogP contribution >= 0.6 is 46.4 Å². The molecule has 0 saturated carbocycles. The first-order chi connectivity index (χ1) is 15.5. The summed E-state index contributed by atoms with van der Waals surface area (Å²) in [5, 5.41) is 1.63. The lowest BCUT2D eigenvalue weighted by molar-refractivity contribution is -0.801. The van der Waals surface area contributed by atoms with Gasteiger partial charge in [0.05, 0.1) is 29.7 Å². The molecule has 2 aliphatic rings. The highest BCUT2D eigenvalue weighted by molar-refractivity contribution is 6.37. The van der Waals surface area contributed by atoms with Crippen LogP contribution in [0.3, 0.4) is 0 Å². The van der Waals surface area contributed by atoms with Crippen molar-refractivity contribution in [3.8, 4) is 0 Å². The van der Waals surface area contributed by atoms with Crippen LogP contribution in [0.4, 0.5) is 0 Å². The molecule has 0 N–H and O–H groups in total. The van der Waals surface area contributed by atoms with E-state index in [2.05, 4.69) is 4.99 Å². The number of quaternary nitrogens is 1. The summed E-state index contributed by atoms with van der Waals surface area (Å²) in [6, 6.07) is 5.23. The van der Waals surface area contributed by atoms with Gasteiger partial charge < -0.3 is 9.47 Å². The molecule has 2 atom stereocenters. The van der Waals surface area contributed by atoms with Crippen molar-refractivity contribution in [1.82, 2.24) is 0 Å². The number of rotatable bonds is 8. The number of hydrogen-bond donors (Lipinski definition) is 0. The average molecular weight is 533 g/mol. The van der Waals surface area contributed by atoms with E-state index in [9.17, 15) is 4.79 Å². The van der Waals surface area contributed by atoms with E-state index in [0.717, 1.165) is 11.1 Å². The zero-order valence-electron chi connectivity index (χ0n) is 18.8. The van der Waals surface area contributed by atoms with Crippen molar-refractivity contribution in [3.63, 3.8) is 0 Å². The highest BCUT2D eigenvalue weighted by Gasteiger charge is 2.38. The Labute approximate surface area is 214 Å². The van der Waals surface area contributed by atoms with Crippen molar-refractivity contribution in [2.24, 2.45) is 10.4 Å². The first kappa shape index (κ1) is 26.3. The largest absolute Gasteiger partial charge is 0.414 e. The maximum atomic E-state index is 12.2. The third kappa shape index (κ3) is 6.41. The molecular weight excluding hydrogens is 506 g/mol. The van der Waals surface area contributed by atoms with Gasteiger partial charge in [0, 0.05) is 21.5 Å². The molecule has 5 nitrogen and oxygen atoms in total. The van der Waals surface area contributed by atoms with E-state index < -0.39 is 10.3 Å². The van der Waals surface area contributed by atoms with Crippen molar-refractivity contribution in [3.05, 3.63) is 69.0 Å². The Bertz CT molecular complexity index is 1020. The summed E-state index contributed by atoms with van der Waals surface area (Å²) < 4.78 is 11.8. The number of ether oxygens (including phenoxy) is 2. The Kier molecular flexibility index (Phi) is 8.37. The van der Waals surface area contributed by atoms with E-state index in [1.54, 1.807) is 24.7 Å². The van der Waals surface area contributed by atoms with Crippen LogP contribution in [0.15, 0.2) is 58.3 Å². The molecule has 0 aromatic heterocycles. The first-order valence-corrected chi connectivity index (χ1v) is 12.0. The maximum Gasteiger partial charge on any atom is 0.315 e. The molecule has 3 rings (SSSR count). The molecule has 9 heteroatoms. The summed E-state index contributed by atoms with van der Waals surface area (Å²) in [5.74, 6) is -0.266. The minimum Gasteiger partial charge on any atom is -0.414 e. The molecule has 0 amide bonds. The van der Waals surface area contributed by atoms with Gasteiger partial charge in [-0.25, -0.2) is 9.48 Å². The van der Waals surface area contributed by atoms with Gasteiger partial charge in [-0.1, -0.05) is 46.9 Å². The van der Waals surface area contributed by atoms with Crippen LogP contribution < -0.4 is 0 Å². The second-order valence-corrected chi connectivity index (χ2v) is 11.1. The Morgan fingerprint density at radius 1 is 1.21 bits per heavy atom. The molecule has 178 valence electrons. The fourth-order valence-electron chi connectivity index (χ4n) is 3.44. The van der Waals surface area contributed by atoms with Gasteiger partial charge in [-0.3, -0.25) is 4.79 Å². The molecule has 0 bridgehead atoms. The van der Waals surface area contributed by atoms with E-state index >= 15 is 0 Å². The number of nitrogens with zero attached hydrogens (tertiary/aromatic N) is 2. The zero-order valence-corrected chi connectivity index (χ0v) is 21.8. The van der Waals surface area contributed by atoms with E-state index in [1.807, 2.05) is 45.2 Å². The number of hydrogen-bond acceptors (Lipinski definition) is 4. The smallest absolute Gasteiger partial charge is 0.315 e. The molecule has 1 aliphatic carbocycles. The van der Waals surface area contributed by atoms with Crippen LogP contribution in [0.25, 0.3) is 0 Å². The molecule has 1 aliphatic heterocycles. The van der Waals surface area contributed by atoms with Crippen LogP contribution in [-0.2, 0) is 19.1 Å². The number of carbonyl (C=O) groups excluding carboxylic acids is 1. The molecule has 0 spiro atoms. The van der Waals surface area contributed by atoms with E-state index in [-0.39, 0.29) is 23.8 Å². The second-order valence-electron chi connectivity index (χ2n) is 9.16. The Hall–Kier alpha value is -1.34. The molecule has 1 heterocycles. The van der Waals surface area contributed by atoms with Gasteiger partial charge in [0.2, 0.25) is 6.73 Å². The fraction of sp³-hybridized carbons (Fsp3) is 0.417. The fourth-order valence-corrected chi connectivity index (χ4v) is 4.81. The zero-order chi connectivity index (χ0) is 24.3. The third-order valence-electron chi connectivity index (χ3n) is 5.45. The number of benzene rings is 1. The lowest BCUT2D eigenvalue weighted by Gasteiger charge is -2.34. The standard InChI is InChI=1S/C24H27Cl4N2O3/c1-23(2,3)22(31)33-16-30(9-8-29-15-30)10-11-32-14-17-4-5-19(26)13-24(17,28)20-7-6-18(25)12-21(20)27/h4-9,12,15H,10-11,13-14,16H2,1-3H3/q+1. The minimum atomic E-state index is -0.934. The molecule has 0 saturated heterocycles. The molecule has 1 aromatic rings. The SMILES string of the molecule is CC(C)(C)C(=O)OC[N+]1(CCOCC2=CC=C(Cl)CC2(Cl)c2ccc(Cl)cc2Cl)C=CN=C1. The van der Waals surface area contributed by atoms with Gasteiger partial charge in [-0.2, -0.15) is 0 Å². The van der Waals surface area contributed by atoms with Crippen LogP contribution in [-0.4, -0.2) is 43.3 Å². The van der Waals surface area contributed by atoms with Gasteiger partial charge in [0.15, 0.2) is 6.34 Å². The second kappa shape index (κ2) is 10.5. The van der Waals surface area contributed by atoms with Gasteiger partial charge in [0.25, 0.3) is 0 Å². The van der Waals surface area contributed by atoms with Gasteiger partial charge in [0.1, 0.15) is 12.7 Å². The lowest BCUT2D eigenvalue weighted by atomic mass is 9.84. The summed E-state index contributed by atoms with van der Waals surface area (Å²) in [6.45, 7) is 6.83. The topological polar surface area (TPSA) is 47.9 Å². The lowest BCUT2D eigenvalue weighted by Crippen LogP contribution is -2.46. The summed E-state index contributed by atoms with van der Waals surface area (Å²) in [6.07, 6.45) is 9.39. The quantitative estimate of drug-likeness (QED) is 0.160. The third-order valence-corrected chi connectivity index (χ3v) is 6.84. The van der Waals surface area contributed by atoms with Crippen molar-refractivity contribution in [2.45, 2.75) is 32.1 Å². The van der Waals surface area contributed by atoms with Gasteiger partial charge in [-0.05, 0) is 50.1 Å². The van der Waals surface area contributed by atoms with E-state index in [0.29, 0.717) is 34.7 Å².